The second-order valence-corrected chi connectivity index (χ2v) is 7.62. The van der Waals surface area contributed by atoms with Crippen molar-refractivity contribution in [2.24, 2.45) is 0 Å². The van der Waals surface area contributed by atoms with Crippen LogP contribution in [0.3, 0.4) is 0 Å². The van der Waals surface area contributed by atoms with Crippen molar-refractivity contribution >= 4 is 34.4 Å². The fourth-order valence-corrected chi connectivity index (χ4v) is 3.55. The van der Waals surface area contributed by atoms with Gasteiger partial charge in [-0.2, -0.15) is 0 Å². The molecule has 0 radical (unpaired) electrons. The number of rotatable bonds is 8. The minimum atomic E-state index is -0.399. The third-order valence-corrected chi connectivity index (χ3v) is 5.38. The van der Waals surface area contributed by atoms with Crippen molar-refractivity contribution in [3.8, 4) is 0 Å². The van der Waals surface area contributed by atoms with Gasteiger partial charge in [0.25, 0.3) is 5.91 Å². The molecule has 1 amide bonds. The lowest BCUT2D eigenvalue weighted by atomic mass is 10.0. The lowest BCUT2D eigenvalue weighted by molar-refractivity contribution is -0.145. The van der Waals surface area contributed by atoms with Crippen molar-refractivity contribution in [3.63, 3.8) is 0 Å². The van der Waals surface area contributed by atoms with E-state index in [0.717, 1.165) is 21.2 Å². The summed E-state index contributed by atoms with van der Waals surface area (Å²) in [5, 5.41) is 5.10. The predicted molar refractivity (Wildman–Crippen MR) is 113 cm³/mol. The zero-order chi connectivity index (χ0) is 19.8. The first kappa shape index (κ1) is 20.0. The Kier molecular flexibility index (Phi) is 7.09. The molecule has 0 saturated heterocycles. The van der Waals surface area contributed by atoms with Gasteiger partial charge < -0.3 is 10.1 Å². The molecule has 3 aromatic rings. The highest BCUT2D eigenvalue weighted by Crippen LogP contribution is 2.23. The van der Waals surface area contributed by atoms with Crippen LogP contribution in [0.4, 0.5) is 0 Å². The Labute approximate surface area is 169 Å². The maximum Gasteiger partial charge on any atom is 0.316 e. The molecule has 5 heteroatoms. The molecule has 1 atom stereocenters. The Hall–Kier alpha value is -2.79. The van der Waals surface area contributed by atoms with Gasteiger partial charge in [-0.05, 0) is 34.4 Å². The van der Waals surface area contributed by atoms with E-state index in [4.69, 9.17) is 4.74 Å². The predicted octanol–water partition coefficient (Wildman–Crippen LogP) is 4.40. The Balaban J connectivity index is 1.38. The second kappa shape index (κ2) is 9.95. The number of carbonyl (C=O) groups is 2. The molecule has 3 aromatic carbocycles. The van der Waals surface area contributed by atoms with Crippen molar-refractivity contribution in [1.82, 2.24) is 5.32 Å². The summed E-state index contributed by atoms with van der Waals surface area (Å²) in [6.07, 6.45) is 0. The van der Waals surface area contributed by atoms with Crippen LogP contribution in [-0.2, 0) is 14.3 Å². The highest BCUT2D eigenvalue weighted by Gasteiger charge is 2.11. The Morgan fingerprint density at radius 1 is 0.964 bits per heavy atom. The fraction of sp³-hybridized carbons (Fsp3) is 0.217. The van der Waals surface area contributed by atoms with Gasteiger partial charge in [0.15, 0.2) is 6.61 Å². The molecule has 4 nitrogen and oxygen atoms in total. The minimum absolute atomic E-state index is 0.173. The van der Waals surface area contributed by atoms with Gasteiger partial charge in [-0.25, -0.2) is 0 Å². The van der Waals surface area contributed by atoms with Gasteiger partial charge in [-0.3, -0.25) is 9.59 Å². The number of hydrogen-bond acceptors (Lipinski definition) is 4. The van der Waals surface area contributed by atoms with Crippen molar-refractivity contribution in [2.75, 3.05) is 18.9 Å². The van der Waals surface area contributed by atoms with Crippen molar-refractivity contribution in [2.45, 2.75) is 17.7 Å². The number of amides is 1. The summed E-state index contributed by atoms with van der Waals surface area (Å²) in [5.74, 6) is -0.313. The van der Waals surface area contributed by atoms with Crippen LogP contribution in [0.15, 0.2) is 77.7 Å². The number of ether oxygens (including phenoxy) is 1. The Morgan fingerprint density at radius 2 is 1.68 bits per heavy atom. The van der Waals surface area contributed by atoms with E-state index in [1.807, 2.05) is 73.7 Å². The minimum Gasteiger partial charge on any atom is -0.455 e. The van der Waals surface area contributed by atoms with Gasteiger partial charge in [0, 0.05) is 11.4 Å². The van der Waals surface area contributed by atoms with E-state index in [0.29, 0.717) is 6.54 Å². The molecule has 144 valence electrons. The van der Waals surface area contributed by atoms with E-state index in [2.05, 4.69) is 11.4 Å². The number of hydrogen-bond donors (Lipinski definition) is 1. The molecule has 0 aliphatic rings. The smallest absolute Gasteiger partial charge is 0.316 e. The van der Waals surface area contributed by atoms with Crippen LogP contribution in [0, 0.1) is 0 Å². The number of thioether (sulfide) groups is 1. The number of benzene rings is 3. The number of nitrogens with one attached hydrogen (secondary N) is 1. The normalized spacial score (nSPS) is 11.8. The van der Waals surface area contributed by atoms with Gasteiger partial charge in [0.05, 0.1) is 5.75 Å². The molecule has 0 bridgehead atoms. The third kappa shape index (κ3) is 5.86. The molecule has 28 heavy (non-hydrogen) atoms. The molecule has 0 aliphatic carbocycles. The largest absolute Gasteiger partial charge is 0.455 e. The van der Waals surface area contributed by atoms with E-state index in [9.17, 15) is 9.59 Å². The average Bonchev–Trinajstić information content (AvgIpc) is 2.75. The molecule has 3 rings (SSSR count). The summed E-state index contributed by atoms with van der Waals surface area (Å²) in [7, 11) is 0. The lowest BCUT2D eigenvalue weighted by Crippen LogP contribution is -2.31. The van der Waals surface area contributed by atoms with Crippen LogP contribution in [0.25, 0.3) is 10.8 Å². The van der Waals surface area contributed by atoms with E-state index < -0.39 is 5.97 Å². The van der Waals surface area contributed by atoms with E-state index in [-0.39, 0.29) is 24.2 Å². The van der Waals surface area contributed by atoms with Crippen LogP contribution < -0.4 is 5.32 Å². The number of esters is 1. The van der Waals surface area contributed by atoms with E-state index in [1.165, 1.54) is 11.8 Å². The summed E-state index contributed by atoms with van der Waals surface area (Å²) in [4.78, 5) is 24.8. The van der Waals surface area contributed by atoms with Crippen molar-refractivity contribution in [3.05, 3.63) is 78.4 Å². The highest BCUT2D eigenvalue weighted by molar-refractivity contribution is 8.00. The second-order valence-electron chi connectivity index (χ2n) is 6.57. The van der Waals surface area contributed by atoms with E-state index >= 15 is 0 Å². The maximum atomic E-state index is 11.9. The van der Waals surface area contributed by atoms with Crippen molar-refractivity contribution < 1.29 is 14.3 Å². The Morgan fingerprint density at radius 3 is 2.46 bits per heavy atom. The van der Waals surface area contributed by atoms with Gasteiger partial charge in [0.2, 0.25) is 0 Å². The molecular formula is C23H23NO3S. The first-order valence-electron chi connectivity index (χ1n) is 9.20. The van der Waals surface area contributed by atoms with E-state index in [1.54, 1.807) is 0 Å². The lowest BCUT2D eigenvalue weighted by Gasteiger charge is -2.13. The van der Waals surface area contributed by atoms with Gasteiger partial charge in [0.1, 0.15) is 0 Å². The molecule has 1 N–H and O–H groups in total. The van der Waals surface area contributed by atoms with Gasteiger partial charge in [-0.15, -0.1) is 11.8 Å². The topological polar surface area (TPSA) is 55.4 Å². The molecule has 0 fully saturated rings. The first-order chi connectivity index (χ1) is 13.6. The number of carbonyl (C=O) groups excluding carboxylic acids is 2. The third-order valence-electron chi connectivity index (χ3n) is 4.42. The monoisotopic (exact) mass is 393 g/mol. The summed E-state index contributed by atoms with van der Waals surface area (Å²) >= 11 is 1.40. The standard InChI is InChI=1S/C23H23NO3S/c1-17(18-7-3-2-4-8-18)14-24-22(25)15-27-23(26)16-28-21-12-11-19-9-5-6-10-20(19)13-21/h2-13,17H,14-16H2,1H3,(H,24,25)/t17-/m1/s1. The first-order valence-corrected chi connectivity index (χ1v) is 10.2. The van der Waals surface area contributed by atoms with Gasteiger partial charge >= 0.3 is 5.97 Å². The van der Waals surface area contributed by atoms with Crippen LogP contribution in [0.5, 0.6) is 0 Å². The van der Waals surface area contributed by atoms with Crippen molar-refractivity contribution in [1.29, 1.82) is 0 Å². The zero-order valence-corrected chi connectivity index (χ0v) is 16.6. The average molecular weight is 394 g/mol. The fourth-order valence-electron chi connectivity index (χ4n) is 2.80. The van der Waals surface area contributed by atoms with Crippen LogP contribution in [-0.4, -0.2) is 30.8 Å². The molecular weight excluding hydrogens is 370 g/mol. The maximum absolute atomic E-state index is 11.9. The zero-order valence-electron chi connectivity index (χ0n) is 15.8. The van der Waals surface area contributed by atoms with Gasteiger partial charge in [-0.1, -0.05) is 67.6 Å². The Bertz CT molecular complexity index is 943. The molecule has 0 aromatic heterocycles. The highest BCUT2D eigenvalue weighted by atomic mass is 32.2. The summed E-state index contributed by atoms with van der Waals surface area (Å²) in [5.41, 5.74) is 1.16. The molecule has 0 saturated carbocycles. The SMILES string of the molecule is C[C@H](CNC(=O)COC(=O)CSc1ccc2ccccc2c1)c1ccccc1. The summed E-state index contributed by atoms with van der Waals surface area (Å²) < 4.78 is 5.08. The summed E-state index contributed by atoms with van der Waals surface area (Å²) in [6, 6.07) is 24.1. The summed E-state index contributed by atoms with van der Waals surface area (Å²) in [6.45, 7) is 2.30. The molecule has 0 spiro atoms. The molecule has 0 heterocycles. The number of fused-ring (bicyclic) bond motifs is 1. The molecule has 0 aliphatic heterocycles. The quantitative estimate of drug-likeness (QED) is 0.455. The van der Waals surface area contributed by atoms with Crippen LogP contribution in [0.1, 0.15) is 18.4 Å². The van der Waals surface area contributed by atoms with Crippen LogP contribution >= 0.6 is 11.8 Å². The molecule has 0 unspecified atom stereocenters. The van der Waals surface area contributed by atoms with Crippen LogP contribution in [0.2, 0.25) is 0 Å².